The third-order valence-electron chi connectivity index (χ3n) is 7.30. The van der Waals surface area contributed by atoms with Crippen LogP contribution in [0.3, 0.4) is 0 Å². The van der Waals surface area contributed by atoms with Crippen molar-refractivity contribution in [3.63, 3.8) is 0 Å². The van der Waals surface area contributed by atoms with Crippen LogP contribution >= 0.6 is 0 Å². The van der Waals surface area contributed by atoms with Crippen LogP contribution in [-0.4, -0.2) is 35.6 Å². The van der Waals surface area contributed by atoms with Crippen LogP contribution in [0.25, 0.3) is 0 Å². The van der Waals surface area contributed by atoms with Gasteiger partial charge in [-0.25, -0.2) is 0 Å². The zero-order chi connectivity index (χ0) is 16.4. The van der Waals surface area contributed by atoms with Crippen molar-refractivity contribution in [2.45, 2.75) is 57.8 Å². The van der Waals surface area contributed by atoms with E-state index < -0.39 is 6.10 Å². The normalized spacial score (nSPS) is 51.4. The van der Waals surface area contributed by atoms with Gasteiger partial charge in [0.15, 0.2) is 0 Å². The van der Waals surface area contributed by atoms with Crippen LogP contribution in [0.5, 0.6) is 0 Å². The molecule has 4 rings (SSSR count). The Balaban J connectivity index is 1.82. The van der Waals surface area contributed by atoms with Gasteiger partial charge in [-0.3, -0.25) is 0 Å². The van der Waals surface area contributed by atoms with Gasteiger partial charge in [0.1, 0.15) is 0 Å². The lowest BCUT2D eigenvalue weighted by molar-refractivity contribution is -0.0374. The van der Waals surface area contributed by atoms with Crippen LogP contribution in [0.15, 0.2) is 35.5 Å². The number of hydrogen-bond acceptors (Lipinski definition) is 3. The van der Waals surface area contributed by atoms with Crippen LogP contribution in [0, 0.1) is 22.7 Å². The number of allylic oxidation sites excluding steroid dienone is 2. The average Bonchev–Trinajstić information content (AvgIpc) is 2.83. The second-order valence-corrected chi connectivity index (χ2v) is 8.32. The number of fused-ring (bicyclic) bond motifs is 5. The molecular formula is C20H28O3. The number of aliphatic hydroxyl groups excluding tert-OH is 2. The lowest BCUT2D eigenvalue weighted by Gasteiger charge is -2.54. The smallest absolute Gasteiger partial charge is 0.0906 e. The molecule has 3 unspecified atom stereocenters. The summed E-state index contributed by atoms with van der Waals surface area (Å²) in [5, 5.41) is 20.5. The molecule has 2 fully saturated rings. The van der Waals surface area contributed by atoms with E-state index >= 15 is 0 Å². The Morgan fingerprint density at radius 1 is 1.22 bits per heavy atom. The first-order valence-electron chi connectivity index (χ1n) is 8.90. The fourth-order valence-electron chi connectivity index (χ4n) is 5.79. The molecule has 0 aliphatic heterocycles. The van der Waals surface area contributed by atoms with E-state index in [1.165, 1.54) is 11.1 Å². The van der Waals surface area contributed by atoms with Crippen molar-refractivity contribution in [2.24, 2.45) is 22.7 Å². The Morgan fingerprint density at radius 3 is 2.74 bits per heavy atom. The third kappa shape index (κ3) is 2.00. The van der Waals surface area contributed by atoms with E-state index in [1.807, 2.05) is 12.2 Å². The highest BCUT2D eigenvalue weighted by atomic mass is 16.5. The summed E-state index contributed by atoms with van der Waals surface area (Å²) in [5.41, 5.74) is 2.62. The van der Waals surface area contributed by atoms with Gasteiger partial charge in [-0.2, -0.15) is 0 Å². The minimum Gasteiger partial charge on any atom is -0.393 e. The van der Waals surface area contributed by atoms with Gasteiger partial charge in [0, 0.05) is 23.9 Å². The Morgan fingerprint density at radius 2 is 2.00 bits per heavy atom. The molecule has 3 nitrogen and oxygen atoms in total. The van der Waals surface area contributed by atoms with Gasteiger partial charge in [-0.1, -0.05) is 42.4 Å². The monoisotopic (exact) mass is 316 g/mol. The SMILES string of the molecule is COC1CC2=CC(O)C=C[C@]2(C)C2=CC[C@]3(C)C(O)CC[C@H]3[C@@H]21. The Hall–Kier alpha value is -0.900. The van der Waals surface area contributed by atoms with E-state index in [1.54, 1.807) is 7.11 Å². The third-order valence-corrected chi connectivity index (χ3v) is 7.30. The minimum absolute atomic E-state index is 0.0135. The van der Waals surface area contributed by atoms with Crippen LogP contribution in [-0.2, 0) is 4.74 Å². The Bertz CT molecular complexity index is 604. The topological polar surface area (TPSA) is 49.7 Å². The first-order valence-corrected chi connectivity index (χ1v) is 8.90. The number of methoxy groups -OCH3 is 1. The molecule has 0 heterocycles. The molecule has 0 spiro atoms. The molecule has 0 saturated heterocycles. The molecule has 0 aromatic carbocycles. The molecule has 0 aromatic heterocycles. The molecule has 0 bridgehead atoms. The summed E-state index contributed by atoms with van der Waals surface area (Å²) in [4.78, 5) is 0. The van der Waals surface area contributed by atoms with E-state index in [-0.39, 0.29) is 23.0 Å². The van der Waals surface area contributed by atoms with E-state index in [9.17, 15) is 10.2 Å². The summed E-state index contributed by atoms with van der Waals surface area (Å²) in [6, 6.07) is 0. The van der Waals surface area contributed by atoms with Gasteiger partial charge in [-0.15, -0.1) is 0 Å². The highest BCUT2D eigenvalue weighted by Crippen LogP contribution is 2.62. The molecule has 0 amide bonds. The van der Waals surface area contributed by atoms with Crippen molar-refractivity contribution in [3.05, 3.63) is 35.5 Å². The molecule has 2 saturated carbocycles. The molecule has 0 aromatic rings. The molecule has 126 valence electrons. The second-order valence-electron chi connectivity index (χ2n) is 8.32. The molecule has 7 atom stereocenters. The fraction of sp³-hybridized carbons (Fsp3) is 0.700. The van der Waals surface area contributed by atoms with Gasteiger partial charge in [0.2, 0.25) is 0 Å². The highest BCUT2D eigenvalue weighted by molar-refractivity contribution is 5.46. The quantitative estimate of drug-likeness (QED) is 0.731. The maximum absolute atomic E-state index is 10.5. The van der Waals surface area contributed by atoms with Gasteiger partial charge in [-0.05, 0) is 38.5 Å². The van der Waals surface area contributed by atoms with Gasteiger partial charge in [0.05, 0.1) is 18.3 Å². The summed E-state index contributed by atoms with van der Waals surface area (Å²) in [6.07, 6.45) is 11.7. The number of aliphatic hydroxyl groups is 2. The summed E-state index contributed by atoms with van der Waals surface area (Å²) < 4.78 is 5.91. The molecule has 23 heavy (non-hydrogen) atoms. The zero-order valence-corrected chi connectivity index (χ0v) is 14.3. The summed E-state index contributed by atoms with van der Waals surface area (Å²) >= 11 is 0. The predicted molar refractivity (Wildman–Crippen MR) is 89.8 cm³/mol. The van der Waals surface area contributed by atoms with E-state index in [2.05, 4.69) is 26.0 Å². The average molecular weight is 316 g/mol. The summed E-state index contributed by atoms with van der Waals surface area (Å²) in [5.74, 6) is 0.860. The first kappa shape index (κ1) is 15.6. The molecule has 4 aliphatic rings. The minimum atomic E-state index is -0.477. The van der Waals surface area contributed by atoms with E-state index in [0.717, 1.165) is 25.7 Å². The van der Waals surface area contributed by atoms with E-state index in [4.69, 9.17) is 4.74 Å². The van der Waals surface area contributed by atoms with Gasteiger partial charge < -0.3 is 14.9 Å². The predicted octanol–water partition coefficient (Wildman–Crippen LogP) is 2.99. The largest absolute Gasteiger partial charge is 0.393 e. The zero-order valence-electron chi connectivity index (χ0n) is 14.3. The maximum atomic E-state index is 10.5. The molecular weight excluding hydrogens is 288 g/mol. The van der Waals surface area contributed by atoms with Crippen molar-refractivity contribution in [2.75, 3.05) is 7.11 Å². The van der Waals surface area contributed by atoms with Gasteiger partial charge in [0.25, 0.3) is 0 Å². The van der Waals surface area contributed by atoms with E-state index in [0.29, 0.717) is 11.8 Å². The highest BCUT2D eigenvalue weighted by Gasteiger charge is 2.57. The van der Waals surface area contributed by atoms with Crippen molar-refractivity contribution in [1.29, 1.82) is 0 Å². The lowest BCUT2D eigenvalue weighted by atomic mass is 9.52. The Labute approximate surface area is 138 Å². The van der Waals surface area contributed by atoms with Crippen molar-refractivity contribution >= 4 is 0 Å². The molecule has 4 aliphatic carbocycles. The standard InChI is InChI=1S/C20H28O3/c1-19-8-6-13(21)10-12(19)11-16(23-3)18-14-4-5-17(22)20(14,2)9-7-15(18)19/h6-8,10,13-14,16-18,21-22H,4-5,9,11H2,1-3H3/t13?,14-,16?,17?,18-,19-,20-/m0/s1. The van der Waals surface area contributed by atoms with Gasteiger partial charge >= 0.3 is 0 Å². The van der Waals surface area contributed by atoms with Crippen molar-refractivity contribution in [3.8, 4) is 0 Å². The Kier molecular flexibility index (Phi) is 3.43. The van der Waals surface area contributed by atoms with Crippen LogP contribution in [0.4, 0.5) is 0 Å². The van der Waals surface area contributed by atoms with Crippen LogP contribution in [0.2, 0.25) is 0 Å². The number of rotatable bonds is 1. The summed E-state index contributed by atoms with van der Waals surface area (Å²) in [6.45, 7) is 4.53. The van der Waals surface area contributed by atoms with Crippen molar-refractivity contribution in [1.82, 2.24) is 0 Å². The van der Waals surface area contributed by atoms with Crippen molar-refractivity contribution < 1.29 is 14.9 Å². The number of hydrogen-bond donors (Lipinski definition) is 2. The number of ether oxygens (including phenoxy) is 1. The molecule has 0 radical (unpaired) electrons. The maximum Gasteiger partial charge on any atom is 0.0906 e. The second kappa shape index (κ2) is 5.05. The van der Waals surface area contributed by atoms with Crippen LogP contribution < -0.4 is 0 Å². The summed E-state index contributed by atoms with van der Waals surface area (Å²) in [7, 11) is 1.80. The fourth-order valence-corrected chi connectivity index (χ4v) is 5.79. The lowest BCUT2D eigenvalue weighted by Crippen LogP contribution is -2.50. The molecule has 2 N–H and O–H groups in total. The molecule has 3 heteroatoms. The first-order chi connectivity index (χ1) is 10.9. The van der Waals surface area contributed by atoms with Crippen LogP contribution in [0.1, 0.15) is 39.5 Å².